The van der Waals surface area contributed by atoms with E-state index in [-0.39, 0.29) is 17.1 Å². The summed E-state index contributed by atoms with van der Waals surface area (Å²) in [6.07, 6.45) is 0. The Labute approximate surface area is 125 Å². The van der Waals surface area contributed by atoms with Gasteiger partial charge in [0.05, 0.1) is 12.2 Å². The molecule has 9 nitrogen and oxygen atoms in total. The highest BCUT2D eigenvalue weighted by molar-refractivity contribution is 5.97. The molecule has 0 saturated heterocycles. The van der Waals surface area contributed by atoms with Crippen LogP contribution >= 0.6 is 0 Å². The fourth-order valence-electron chi connectivity index (χ4n) is 1.84. The van der Waals surface area contributed by atoms with Crippen molar-refractivity contribution in [2.75, 3.05) is 13.2 Å². The Kier molecular flexibility index (Phi) is 4.57. The summed E-state index contributed by atoms with van der Waals surface area (Å²) in [5.74, 6) is -1.43. The van der Waals surface area contributed by atoms with Crippen LogP contribution in [0.5, 0.6) is 11.5 Å². The van der Waals surface area contributed by atoms with Crippen LogP contribution in [-0.4, -0.2) is 45.6 Å². The third-order valence-electron chi connectivity index (χ3n) is 2.66. The van der Waals surface area contributed by atoms with Crippen molar-refractivity contribution in [2.45, 2.75) is 6.92 Å². The molecule has 0 radical (unpaired) electrons. The summed E-state index contributed by atoms with van der Waals surface area (Å²) in [4.78, 5) is 22.1. The minimum atomic E-state index is -1.15. The number of carbonyl (C=O) groups is 2. The van der Waals surface area contributed by atoms with Gasteiger partial charge in [-0.05, 0) is 19.1 Å². The normalized spacial score (nSPS) is 10.2. The number of nitrogens with zero attached hydrogens (tertiary/aromatic N) is 2. The first kappa shape index (κ1) is 15.3. The van der Waals surface area contributed by atoms with E-state index in [0.29, 0.717) is 17.9 Å². The Bertz CT molecular complexity index is 697. The third-order valence-corrected chi connectivity index (χ3v) is 2.66. The standard InChI is InChI=1S/C13H14N4O5/c1-2-21-8-5-3-4-7(12(8)22-6-9(18)19)10-11(13(14)20)16-17-15-10/h3-5H,2,6H2,1H3,(H2,14,20)(H,18,19)(H,15,16,17). The van der Waals surface area contributed by atoms with Gasteiger partial charge in [-0.1, -0.05) is 6.07 Å². The number of para-hydroxylation sites is 1. The summed E-state index contributed by atoms with van der Waals surface area (Å²) < 4.78 is 10.7. The van der Waals surface area contributed by atoms with Gasteiger partial charge in [-0.15, -0.1) is 0 Å². The Balaban J connectivity index is 2.53. The van der Waals surface area contributed by atoms with Crippen molar-refractivity contribution >= 4 is 11.9 Å². The van der Waals surface area contributed by atoms with E-state index in [1.807, 2.05) is 0 Å². The molecule has 0 unspecified atom stereocenters. The number of rotatable bonds is 7. The Morgan fingerprint density at radius 3 is 2.73 bits per heavy atom. The van der Waals surface area contributed by atoms with Crippen molar-refractivity contribution in [2.24, 2.45) is 5.73 Å². The average molecular weight is 306 g/mol. The lowest BCUT2D eigenvalue weighted by molar-refractivity contribution is -0.139. The molecule has 1 amide bonds. The van der Waals surface area contributed by atoms with Crippen molar-refractivity contribution in [1.82, 2.24) is 15.4 Å². The van der Waals surface area contributed by atoms with E-state index in [4.69, 9.17) is 20.3 Å². The van der Waals surface area contributed by atoms with Crippen LogP contribution in [0.3, 0.4) is 0 Å². The van der Waals surface area contributed by atoms with E-state index in [9.17, 15) is 9.59 Å². The largest absolute Gasteiger partial charge is 0.490 e. The highest BCUT2D eigenvalue weighted by atomic mass is 16.5. The molecule has 0 saturated carbocycles. The minimum Gasteiger partial charge on any atom is -0.490 e. The second-order valence-electron chi connectivity index (χ2n) is 4.13. The van der Waals surface area contributed by atoms with E-state index in [0.717, 1.165) is 0 Å². The number of aliphatic carboxylic acids is 1. The molecule has 9 heteroatoms. The number of amides is 1. The smallest absolute Gasteiger partial charge is 0.341 e. The van der Waals surface area contributed by atoms with E-state index in [1.54, 1.807) is 25.1 Å². The molecule has 0 bridgehead atoms. The number of carbonyl (C=O) groups excluding carboxylic acids is 1. The van der Waals surface area contributed by atoms with Crippen LogP contribution < -0.4 is 15.2 Å². The number of hydrogen-bond acceptors (Lipinski definition) is 6. The lowest BCUT2D eigenvalue weighted by Gasteiger charge is -2.14. The van der Waals surface area contributed by atoms with Crippen LogP contribution in [0.4, 0.5) is 0 Å². The number of aromatic nitrogens is 3. The molecule has 1 aromatic heterocycles. The van der Waals surface area contributed by atoms with Gasteiger partial charge in [0.2, 0.25) is 0 Å². The zero-order valence-corrected chi connectivity index (χ0v) is 11.7. The highest BCUT2D eigenvalue weighted by Gasteiger charge is 2.21. The van der Waals surface area contributed by atoms with Gasteiger partial charge >= 0.3 is 5.97 Å². The first-order valence-corrected chi connectivity index (χ1v) is 6.36. The third kappa shape index (κ3) is 3.14. The number of carboxylic acid groups (broad SMARTS) is 1. The predicted molar refractivity (Wildman–Crippen MR) is 74.6 cm³/mol. The van der Waals surface area contributed by atoms with Crippen molar-refractivity contribution in [3.63, 3.8) is 0 Å². The monoisotopic (exact) mass is 306 g/mol. The van der Waals surface area contributed by atoms with Crippen molar-refractivity contribution in [3.8, 4) is 22.8 Å². The summed E-state index contributed by atoms with van der Waals surface area (Å²) >= 11 is 0. The van der Waals surface area contributed by atoms with Gasteiger partial charge in [0, 0.05) is 0 Å². The maximum absolute atomic E-state index is 11.4. The van der Waals surface area contributed by atoms with E-state index >= 15 is 0 Å². The molecular weight excluding hydrogens is 292 g/mol. The number of carboxylic acids is 1. The summed E-state index contributed by atoms with van der Waals surface area (Å²) in [6.45, 7) is 1.56. The SMILES string of the molecule is CCOc1cccc(-c2n[nH]nc2C(N)=O)c1OCC(=O)O. The summed E-state index contributed by atoms with van der Waals surface area (Å²) in [5.41, 5.74) is 5.68. The molecule has 1 heterocycles. The first-order chi connectivity index (χ1) is 10.5. The zero-order chi connectivity index (χ0) is 16.1. The number of nitrogens with one attached hydrogen (secondary N) is 1. The summed E-state index contributed by atoms with van der Waals surface area (Å²) in [5, 5.41) is 18.7. The maximum atomic E-state index is 11.4. The molecule has 2 aromatic rings. The fourth-order valence-corrected chi connectivity index (χ4v) is 1.84. The molecule has 0 aliphatic heterocycles. The van der Waals surface area contributed by atoms with Gasteiger partial charge in [-0.3, -0.25) is 4.79 Å². The highest BCUT2D eigenvalue weighted by Crippen LogP contribution is 2.38. The van der Waals surface area contributed by atoms with Crippen LogP contribution in [0.2, 0.25) is 0 Å². The second kappa shape index (κ2) is 6.57. The number of nitrogens with two attached hydrogens (primary N) is 1. The number of ether oxygens (including phenoxy) is 2. The molecule has 0 spiro atoms. The fraction of sp³-hybridized carbons (Fsp3) is 0.231. The van der Waals surface area contributed by atoms with Crippen molar-refractivity contribution in [1.29, 1.82) is 0 Å². The maximum Gasteiger partial charge on any atom is 0.341 e. The van der Waals surface area contributed by atoms with E-state index in [1.165, 1.54) is 0 Å². The van der Waals surface area contributed by atoms with Crippen LogP contribution in [-0.2, 0) is 4.79 Å². The van der Waals surface area contributed by atoms with Crippen molar-refractivity contribution < 1.29 is 24.2 Å². The topological polar surface area (TPSA) is 140 Å². The molecule has 0 fully saturated rings. The van der Waals surface area contributed by atoms with Crippen molar-refractivity contribution in [3.05, 3.63) is 23.9 Å². The van der Waals surface area contributed by atoms with Crippen LogP contribution in [0.25, 0.3) is 11.3 Å². The zero-order valence-electron chi connectivity index (χ0n) is 11.7. The number of benzene rings is 1. The summed E-state index contributed by atoms with van der Waals surface area (Å²) in [7, 11) is 0. The molecule has 0 aliphatic rings. The minimum absolute atomic E-state index is 0.0752. The molecular formula is C13H14N4O5. The predicted octanol–water partition coefficient (Wildman–Crippen LogP) is 0.433. The van der Waals surface area contributed by atoms with Gasteiger partial charge in [-0.2, -0.15) is 15.4 Å². The molecule has 116 valence electrons. The second-order valence-corrected chi connectivity index (χ2v) is 4.13. The van der Waals surface area contributed by atoms with Gasteiger partial charge < -0.3 is 20.3 Å². The Morgan fingerprint density at radius 1 is 1.32 bits per heavy atom. The Morgan fingerprint density at radius 2 is 2.09 bits per heavy atom. The Hall–Kier alpha value is -3.10. The molecule has 22 heavy (non-hydrogen) atoms. The quantitative estimate of drug-likeness (QED) is 0.673. The molecule has 1 aromatic carbocycles. The lowest BCUT2D eigenvalue weighted by atomic mass is 10.1. The van der Waals surface area contributed by atoms with Gasteiger partial charge in [0.25, 0.3) is 5.91 Å². The van der Waals surface area contributed by atoms with Crippen LogP contribution in [0.1, 0.15) is 17.4 Å². The van der Waals surface area contributed by atoms with Gasteiger partial charge in [0.1, 0.15) is 5.69 Å². The number of aromatic amines is 1. The first-order valence-electron chi connectivity index (χ1n) is 6.36. The average Bonchev–Trinajstić information content (AvgIpc) is 2.95. The number of hydrogen-bond donors (Lipinski definition) is 3. The van der Waals surface area contributed by atoms with Gasteiger partial charge in [0.15, 0.2) is 23.8 Å². The lowest BCUT2D eigenvalue weighted by Crippen LogP contribution is -2.14. The van der Waals surface area contributed by atoms with E-state index < -0.39 is 18.5 Å². The molecule has 0 aliphatic carbocycles. The van der Waals surface area contributed by atoms with Gasteiger partial charge in [-0.25, -0.2) is 4.79 Å². The summed E-state index contributed by atoms with van der Waals surface area (Å²) in [6, 6.07) is 4.88. The number of primary amides is 1. The molecule has 2 rings (SSSR count). The van der Waals surface area contributed by atoms with E-state index in [2.05, 4.69) is 15.4 Å². The van der Waals surface area contributed by atoms with Crippen LogP contribution in [0, 0.1) is 0 Å². The number of H-pyrrole nitrogens is 1. The molecule has 0 atom stereocenters. The molecule has 4 N–H and O–H groups in total. The van der Waals surface area contributed by atoms with Crippen LogP contribution in [0.15, 0.2) is 18.2 Å².